The Morgan fingerprint density at radius 3 is 2.66 bits per heavy atom. The van der Waals surface area contributed by atoms with E-state index in [-0.39, 0.29) is 24.5 Å². The van der Waals surface area contributed by atoms with Gasteiger partial charge in [0.25, 0.3) is 5.91 Å². The number of carbonyl (C=O) groups is 1. The van der Waals surface area contributed by atoms with Crippen LogP contribution in [-0.4, -0.2) is 45.5 Å². The number of hydrogen-bond donors (Lipinski definition) is 1. The molecule has 174 valence electrons. The summed E-state index contributed by atoms with van der Waals surface area (Å²) in [5, 5.41) is 4.33. The highest BCUT2D eigenvalue weighted by Gasteiger charge is 2.55. The topological polar surface area (TPSA) is 86.3 Å². The fourth-order valence-corrected chi connectivity index (χ4v) is 4.72. The molecule has 7 nitrogen and oxygen atoms in total. The Bertz CT molecular complexity index is 1000. The van der Waals surface area contributed by atoms with Crippen molar-refractivity contribution in [2.45, 2.75) is 51.7 Å². The largest absolute Gasteiger partial charge is 0.477 e. The highest BCUT2D eigenvalue weighted by molar-refractivity contribution is 5.98. The number of nitrogens with two attached hydrogens (primary N) is 1. The van der Waals surface area contributed by atoms with Gasteiger partial charge in [0, 0.05) is 24.3 Å². The SMILES string of the molecule is C[C@@H]1CN(c2nc(-n3ccc(OCC[C@@H]4C[C@@H]4C(F)(F)F)n3)ccc2C(N)=O)C(C)(C)C1. The smallest absolute Gasteiger partial charge is 0.392 e. The number of ether oxygens (including phenoxy) is 1. The van der Waals surface area contributed by atoms with Crippen LogP contribution >= 0.6 is 0 Å². The molecule has 10 heteroatoms. The Hall–Kier alpha value is -2.78. The molecule has 2 N–H and O–H groups in total. The molecule has 3 atom stereocenters. The lowest BCUT2D eigenvalue weighted by molar-refractivity contribution is -0.151. The number of hydrogen-bond acceptors (Lipinski definition) is 5. The first-order valence-corrected chi connectivity index (χ1v) is 10.8. The second-order valence-electron chi connectivity index (χ2n) is 9.52. The van der Waals surface area contributed by atoms with Crippen molar-refractivity contribution in [1.29, 1.82) is 0 Å². The zero-order valence-corrected chi connectivity index (χ0v) is 18.4. The van der Waals surface area contributed by atoms with Crippen molar-refractivity contribution in [3.63, 3.8) is 0 Å². The summed E-state index contributed by atoms with van der Waals surface area (Å²) >= 11 is 0. The summed E-state index contributed by atoms with van der Waals surface area (Å²) in [4.78, 5) is 18.8. The van der Waals surface area contributed by atoms with E-state index in [0.29, 0.717) is 35.4 Å². The fourth-order valence-electron chi connectivity index (χ4n) is 4.72. The van der Waals surface area contributed by atoms with Crippen molar-refractivity contribution in [2.24, 2.45) is 23.5 Å². The molecule has 1 aliphatic carbocycles. The van der Waals surface area contributed by atoms with Crippen LogP contribution in [-0.2, 0) is 0 Å². The Labute approximate surface area is 184 Å². The summed E-state index contributed by atoms with van der Waals surface area (Å²) in [7, 11) is 0. The van der Waals surface area contributed by atoms with E-state index >= 15 is 0 Å². The minimum absolute atomic E-state index is 0.172. The lowest BCUT2D eigenvalue weighted by Gasteiger charge is -2.33. The van der Waals surface area contributed by atoms with Gasteiger partial charge in [-0.05, 0) is 57.1 Å². The molecule has 2 fully saturated rings. The van der Waals surface area contributed by atoms with Crippen molar-refractivity contribution >= 4 is 11.7 Å². The van der Waals surface area contributed by atoms with Crippen LogP contribution in [0.4, 0.5) is 19.0 Å². The second-order valence-corrected chi connectivity index (χ2v) is 9.52. The number of nitrogens with zero attached hydrogens (tertiary/aromatic N) is 4. The third kappa shape index (κ3) is 4.54. The number of aromatic nitrogens is 3. The van der Waals surface area contributed by atoms with Gasteiger partial charge in [-0.3, -0.25) is 4.79 Å². The molecule has 0 unspecified atom stereocenters. The third-order valence-electron chi connectivity index (χ3n) is 6.34. The maximum absolute atomic E-state index is 12.6. The molecule has 1 saturated heterocycles. The normalized spacial score (nSPS) is 24.6. The van der Waals surface area contributed by atoms with Crippen molar-refractivity contribution in [3.8, 4) is 11.7 Å². The van der Waals surface area contributed by atoms with Crippen LogP contribution in [0.15, 0.2) is 24.4 Å². The zero-order valence-electron chi connectivity index (χ0n) is 18.4. The van der Waals surface area contributed by atoms with Gasteiger partial charge in [0.1, 0.15) is 5.82 Å². The molecule has 0 aromatic carbocycles. The van der Waals surface area contributed by atoms with Gasteiger partial charge in [0.15, 0.2) is 5.82 Å². The van der Waals surface area contributed by atoms with E-state index in [0.717, 1.165) is 13.0 Å². The minimum Gasteiger partial charge on any atom is -0.477 e. The predicted octanol–water partition coefficient (Wildman–Crippen LogP) is 3.96. The number of carbonyl (C=O) groups excluding carboxylic acids is 1. The highest BCUT2D eigenvalue weighted by atomic mass is 19.4. The van der Waals surface area contributed by atoms with Crippen LogP contribution in [0.1, 0.15) is 50.4 Å². The fraction of sp³-hybridized carbons (Fsp3) is 0.591. The molecular weight excluding hydrogens is 423 g/mol. The lowest BCUT2D eigenvalue weighted by atomic mass is 9.97. The van der Waals surface area contributed by atoms with Gasteiger partial charge in [-0.25, -0.2) is 9.67 Å². The first kappa shape index (κ1) is 22.4. The zero-order chi connectivity index (χ0) is 23.3. The van der Waals surface area contributed by atoms with E-state index in [1.54, 1.807) is 24.4 Å². The number of pyridine rings is 1. The quantitative estimate of drug-likeness (QED) is 0.689. The second kappa shape index (κ2) is 7.97. The summed E-state index contributed by atoms with van der Waals surface area (Å²) in [6.07, 6.45) is -0.971. The van der Waals surface area contributed by atoms with E-state index < -0.39 is 18.0 Å². The van der Waals surface area contributed by atoms with Crippen molar-refractivity contribution in [2.75, 3.05) is 18.1 Å². The van der Waals surface area contributed by atoms with E-state index in [1.807, 2.05) is 0 Å². The van der Waals surface area contributed by atoms with Crippen LogP contribution < -0.4 is 15.4 Å². The molecule has 1 aliphatic heterocycles. The number of halogens is 3. The Morgan fingerprint density at radius 1 is 1.31 bits per heavy atom. The molecule has 3 heterocycles. The molecule has 2 aliphatic rings. The molecule has 2 aromatic heterocycles. The van der Waals surface area contributed by atoms with E-state index in [4.69, 9.17) is 15.5 Å². The molecule has 0 radical (unpaired) electrons. The Kier molecular flexibility index (Phi) is 5.58. The van der Waals surface area contributed by atoms with Gasteiger partial charge in [0.05, 0.1) is 18.1 Å². The first-order valence-electron chi connectivity index (χ1n) is 10.8. The van der Waals surface area contributed by atoms with Gasteiger partial charge in [0.2, 0.25) is 5.88 Å². The molecule has 32 heavy (non-hydrogen) atoms. The van der Waals surface area contributed by atoms with Gasteiger partial charge < -0.3 is 15.4 Å². The molecule has 4 rings (SSSR count). The van der Waals surface area contributed by atoms with Crippen molar-refractivity contribution < 1.29 is 22.7 Å². The van der Waals surface area contributed by atoms with Crippen molar-refractivity contribution in [3.05, 3.63) is 30.0 Å². The van der Waals surface area contributed by atoms with Gasteiger partial charge in [-0.1, -0.05) is 6.92 Å². The molecule has 0 bridgehead atoms. The van der Waals surface area contributed by atoms with Gasteiger partial charge >= 0.3 is 6.18 Å². The Balaban J connectivity index is 1.47. The monoisotopic (exact) mass is 451 g/mol. The summed E-state index contributed by atoms with van der Waals surface area (Å²) in [6.45, 7) is 7.31. The number of anilines is 1. The number of amides is 1. The lowest BCUT2D eigenvalue weighted by Crippen LogP contribution is -2.40. The van der Waals surface area contributed by atoms with Crippen LogP contribution in [0, 0.1) is 17.8 Å². The maximum atomic E-state index is 12.6. The van der Waals surface area contributed by atoms with E-state index in [1.165, 1.54) is 4.68 Å². The van der Waals surface area contributed by atoms with Crippen LogP contribution in [0.25, 0.3) is 5.82 Å². The summed E-state index contributed by atoms with van der Waals surface area (Å²) in [5.41, 5.74) is 5.78. The predicted molar refractivity (Wildman–Crippen MR) is 113 cm³/mol. The first-order chi connectivity index (χ1) is 15.0. The maximum Gasteiger partial charge on any atom is 0.392 e. The molecule has 1 amide bonds. The summed E-state index contributed by atoms with van der Waals surface area (Å²) in [5.74, 6) is -0.336. The van der Waals surface area contributed by atoms with E-state index in [9.17, 15) is 18.0 Å². The van der Waals surface area contributed by atoms with Crippen LogP contribution in [0.5, 0.6) is 5.88 Å². The average molecular weight is 451 g/mol. The van der Waals surface area contributed by atoms with Crippen LogP contribution in [0.3, 0.4) is 0 Å². The minimum atomic E-state index is -4.12. The number of alkyl halides is 3. The number of rotatable bonds is 7. The van der Waals surface area contributed by atoms with Gasteiger partial charge in [-0.2, -0.15) is 13.2 Å². The summed E-state index contributed by atoms with van der Waals surface area (Å²) < 4.78 is 45.0. The summed E-state index contributed by atoms with van der Waals surface area (Å²) in [6, 6.07) is 4.94. The van der Waals surface area contributed by atoms with Crippen molar-refractivity contribution in [1.82, 2.24) is 14.8 Å². The molecular formula is C22H28F3N5O2. The molecule has 2 aromatic rings. The van der Waals surface area contributed by atoms with E-state index in [2.05, 4.69) is 30.8 Å². The Morgan fingerprint density at radius 2 is 2.06 bits per heavy atom. The third-order valence-corrected chi connectivity index (χ3v) is 6.34. The average Bonchev–Trinajstić information content (AvgIpc) is 3.23. The number of primary amides is 1. The molecule has 1 saturated carbocycles. The molecule has 0 spiro atoms. The standard InChI is InChI=1S/C22H28F3N5O2/c1-13-11-21(2,3)29(12-13)20-15(19(26)31)4-5-17(27-20)30-8-6-18(28-30)32-9-7-14-10-16(14)22(23,24)25/h4-6,8,13-14,16H,7,9-12H2,1-3H3,(H2,26,31)/t13-,14+,16-/m0/s1. The van der Waals surface area contributed by atoms with Crippen LogP contribution in [0.2, 0.25) is 0 Å². The van der Waals surface area contributed by atoms with Gasteiger partial charge in [-0.15, -0.1) is 5.10 Å². The highest BCUT2D eigenvalue weighted by Crippen LogP contribution is 2.51.